The number of benzene rings is 2. The third-order valence-corrected chi connectivity index (χ3v) is 5.49. The van der Waals surface area contributed by atoms with Crippen LogP contribution in [0.1, 0.15) is 49.4 Å². The third-order valence-electron chi connectivity index (χ3n) is 4.48. The number of hydrogen-bond donors (Lipinski definition) is 0. The van der Waals surface area contributed by atoms with Gasteiger partial charge in [0.1, 0.15) is 0 Å². The van der Waals surface area contributed by atoms with E-state index in [0.29, 0.717) is 0 Å². The smallest absolute Gasteiger partial charge is 0.182 e. The van der Waals surface area contributed by atoms with E-state index in [1.807, 2.05) is 49.5 Å². The van der Waals surface area contributed by atoms with Crippen LogP contribution in [-0.4, -0.2) is 31.0 Å². The SMILES string of the molecule is CCCCCCC(C(=O)c1ccc(Sc2ccccc2)cc1)N(C)OC. The molecule has 3 nitrogen and oxygen atoms in total. The van der Waals surface area contributed by atoms with Crippen LogP contribution in [0, 0.1) is 0 Å². The Balaban J connectivity index is 2.02. The molecule has 0 saturated carbocycles. The molecule has 0 N–H and O–H groups in total. The largest absolute Gasteiger partial charge is 0.302 e. The Bertz CT molecular complexity index is 658. The number of likely N-dealkylation sites (N-methyl/N-ethyl adjacent to an activating group) is 1. The maximum Gasteiger partial charge on any atom is 0.182 e. The van der Waals surface area contributed by atoms with Gasteiger partial charge in [-0.25, -0.2) is 0 Å². The molecule has 140 valence electrons. The normalized spacial score (nSPS) is 12.3. The Morgan fingerprint density at radius 1 is 1.00 bits per heavy atom. The number of hydroxylamine groups is 2. The molecule has 2 rings (SSSR count). The van der Waals surface area contributed by atoms with E-state index in [-0.39, 0.29) is 11.8 Å². The first kappa shape index (κ1) is 20.7. The molecule has 0 bridgehead atoms. The first-order valence-electron chi connectivity index (χ1n) is 9.29. The van der Waals surface area contributed by atoms with Crippen LogP contribution in [0.4, 0.5) is 0 Å². The summed E-state index contributed by atoms with van der Waals surface area (Å²) in [6.07, 6.45) is 5.43. The summed E-state index contributed by atoms with van der Waals surface area (Å²) in [5.41, 5.74) is 0.742. The molecule has 26 heavy (non-hydrogen) atoms. The van der Waals surface area contributed by atoms with E-state index in [1.54, 1.807) is 23.9 Å². The van der Waals surface area contributed by atoms with Gasteiger partial charge >= 0.3 is 0 Å². The van der Waals surface area contributed by atoms with Gasteiger partial charge in [-0.3, -0.25) is 4.79 Å². The lowest BCUT2D eigenvalue weighted by molar-refractivity contribution is -0.131. The number of rotatable bonds is 11. The van der Waals surface area contributed by atoms with Crippen molar-refractivity contribution in [1.29, 1.82) is 0 Å². The summed E-state index contributed by atoms with van der Waals surface area (Å²) in [5.74, 6) is 0.127. The predicted molar refractivity (Wildman–Crippen MR) is 109 cm³/mol. The number of carbonyl (C=O) groups excluding carboxylic acids is 1. The molecule has 0 aromatic heterocycles. The van der Waals surface area contributed by atoms with Gasteiger partial charge in [-0.15, -0.1) is 0 Å². The van der Waals surface area contributed by atoms with Crippen molar-refractivity contribution in [3.8, 4) is 0 Å². The third kappa shape index (κ3) is 6.27. The molecule has 0 amide bonds. The highest BCUT2D eigenvalue weighted by Crippen LogP contribution is 2.28. The quantitative estimate of drug-likeness (QED) is 0.281. The second-order valence-electron chi connectivity index (χ2n) is 6.40. The molecule has 0 aliphatic rings. The summed E-state index contributed by atoms with van der Waals surface area (Å²) < 4.78 is 0. The fourth-order valence-electron chi connectivity index (χ4n) is 2.87. The van der Waals surface area contributed by atoms with E-state index in [0.717, 1.165) is 29.7 Å². The molecule has 0 aliphatic carbocycles. The van der Waals surface area contributed by atoms with Gasteiger partial charge in [0.05, 0.1) is 13.2 Å². The molecular weight excluding hydrogens is 342 g/mol. The molecule has 2 aromatic rings. The molecule has 1 atom stereocenters. The summed E-state index contributed by atoms with van der Waals surface area (Å²) in [5, 5.41) is 1.68. The van der Waals surface area contributed by atoms with Crippen molar-refractivity contribution >= 4 is 17.5 Å². The maximum absolute atomic E-state index is 13.0. The van der Waals surface area contributed by atoms with Gasteiger partial charge in [-0.2, -0.15) is 5.06 Å². The number of ketones is 1. The van der Waals surface area contributed by atoms with Crippen LogP contribution in [-0.2, 0) is 4.84 Å². The molecule has 4 heteroatoms. The second-order valence-corrected chi connectivity index (χ2v) is 7.54. The van der Waals surface area contributed by atoms with Gasteiger partial charge in [0.2, 0.25) is 0 Å². The van der Waals surface area contributed by atoms with Crippen molar-refractivity contribution in [3.63, 3.8) is 0 Å². The number of unbranched alkanes of at least 4 members (excludes halogenated alkanes) is 3. The van der Waals surface area contributed by atoms with Crippen LogP contribution in [0.25, 0.3) is 0 Å². The Kier molecular flexibility index (Phi) is 8.89. The highest BCUT2D eigenvalue weighted by atomic mass is 32.2. The zero-order valence-corrected chi connectivity index (χ0v) is 16.8. The molecule has 2 aromatic carbocycles. The minimum absolute atomic E-state index is 0.127. The first-order valence-corrected chi connectivity index (χ1v) is 10.1. The lowest BCUT2D eigenvalue weighted by Gasteiger charge is -2.24. The molecule has 0 radical (unpaired) electrons. The summed E-state index contributed by atoms with van der Waals surface area (Å²) in [4.78, 5) is 20.6. The van der Waals surface area contributed by atoms with E-state index in [1.165, 1.54) is 17.7 Å². The fourth-order valence-corrected chi connectivity index (χ4v) is 3.71. The molecule has 0 saturated heterocycles. The summed E-state index contributed by atoms with van der Waals surface area (Å²) in [7, 11) is 3.45. The molecule has 1 unspecified atom stereocenters. The number of hydrogen-bond acceptors (Lipinski definition) is 4. The lowest BCUT2D eigenvalue weighted by Crippen LogP contribution is -2.37. The highest BCUT2D eigenvalue weighted by molar-refractivity contribution is 7.99. The average molecular weight is 372 g/mol. The molecule has 0 spiro atoms. The maximum atomic E-state index is 13.0. The fraction of sp³-hybridized carbons (Fsp3) is 0.409. The van der Waals surface area contributed by atoms with Crippen molar-refractivity contribution < 1.29 is 9.63 Å². The zero-order chi connectivity index (χ0) is 18.8. The number of Topliss-reactive ketones (excluding diaryl/α,β-unsaturated/α-hetero) is 1. The van der Waals surface area contributed by atoms with E-state index in [4.69, 9.17) is 4.84 Å². The van der Waals surface area contributed by atoms with Gasteiger partial charge in [0.25, 0.3) is 0 Å². The van der Waals surface area contributed by atoms with Crippen molar-refractivity contribution in [3.05, 3.63) is 60.2 Å². The summed E-state index contributed by atoms with van der Waals surface area (Å²) >= 11 is 1.70. The van der Waals surface area contributed by atoms with E-state index in [9.17, 15) is 4.79 Å². The Morgan fingerprint density at radius 2 is 1.65 bits per heavy atom. The van der Waals surface area contributed by atoms with E-state index >= 15 is 0 Å². The van der Waals surface area contributed by atoms with Gasteiger partial charge in [0.15, 0.2) is 5.78 Å². The van der Waals surface area contributed by atoms with Crippen LogP contribution in [0.15, 0.2) is 64.4 Å². The van der Waals surface area contributed by atoms with Crippen molar-refractivity contribution in [1.82, 2.24) is 5.06 Å². The van der Waals surface area contributed by atoms with Crippen LogP contribution < -0.4 is 0 Å². The minimum atomic E-state index is -0.232. The second kappa shape index (κ2) is 11.2. The topological polar surface area (TPSA) is 29.5 Å². The Morgan fingerprint density at radius 3 is 2.27 bits per heavy atom. The lowest BCUT2D eigenvalue weighted by atomic mass is 9.98. The molecule has 0 heterocycles. The standard InChI is InChI=1S/C22H29NO2S/c1-4-5-6-10-13-21(23(2)25-3)22(24)18-14-16-20(17-15-18)26-19-11-8-7-9-12-19/h7-9,11-12,14-17,21H,4-6,10,13H2,1-3H3. The van der Waals surface area contributed by atoms with Gasteiger partial charge in [-0.05, 0) is 30.7 Å². The molecular formula is C22H29NO2S. The zero-order valence-electron chi connectivity index (χ0n) is 16.0. The minimum Gasteiger partial charge on any atom is -0.302 e. The number of nitrogens with zero attached hydrogens (tertiary/aromatic N) is 1. The first-order chi connectivity index (χ1) is 12.7. The van der Waals surface area contributed by atoms with Crippen LogP contribution in [0.3, 0.4) is 0 Å². The van der Waals surface area contributed by atoms with Crippen molar-refractivity contribution in [2.75, 3.05) is 14.2 Å². The average Bonchev–Trinajstić information content (AvgIpc) is 2.68. The Hall–Kier alpha value is -1.62. The summed E-state index contributed by atoms with van der Waals surface area (Å²) in [6, 6.07) is 17.9. The summed E-state index contributed by atoms with van der Waals surface area (Å²) in [6.45, 7) is 2.19. The van der Waals surface area contributed by atoms with E-state index < -0.39 is 0 Å². The van der Waals surface area contributed by atoms with Gasteiger partial charge < -0.3 is 4.84 Å². The molecule has 0 aliphatic heterocycles. The molecule has 0 fully saturated rings. The number of carbonyl (C=O) groups is 1. The van der Waals surface area contributed by atoms with Crippen molar-refractivity contribution in [2.24, 2.45) is 0 Å². The van der Waals surface area contributed by atoms with Gasteiger partial charge in [-0.1, -0.05) is 74.7 Å². The van der Waals surface area contributed by atoms with Crippen LogP contribution in [0.2, 0.25) is 0 Å². The van der Waals surface area contributed by atoms with Crippen LogP contribution in [0.5, 0.6) is 0 Å². The monoisotopic (exact) mass is 371 g/mol. The highest BCUT2D eigenvalue weighted by Gasteiger charge is 2.24. The Labute approximate surface area is 161 Å². The van der Waals surface area contributed by atoms with Crippen LogP contribution >= 0.6 is 11.8 Å². The predicted octanol–water partition coefficient (Wildman–Crippen LogP) is 5.85. The van der Waals surface area contributed by atoms with E-state index in [2.05, 4.69) is 19.1 Å². The van der Waals surface area contributed by atoms with Crippen molar-refractivity contribution in [2.45, 2.75) is 54.9 Å². The van der Waals surface area contributed by atoms with Gasteiger partial charge in [0, 0.05) is 22.4 Å².